The summed E-state index contributed by atoms with van der Waals surface area (Å²) in [6, 6.07) is 19.5. The molecule has 0 amide bonds. The van der Waals surface area contributed by atoms with Crippen LogP contribution >= 0.6 is 7.60 Å². The zero-order chi connectivity index (χ0) is 15.8. The molecule has 0 aliphatic heterocycles. The second kappa shape index (κ2) is 8.28. The van der Waals surface area contributed by atoms with E-state index in [4.69, 9.17) is 9.05 Å². The Hall–Kier alpha value is -1.41. The van der Waals surface area contributed by atoms with Crippen molar-refractivity contribution in [3.05, 3.63) is 71.8 Å². The average molecular weight is 318 g/mol. The predicted molar refractivity (Wildman–Crippen MR) is 89.8 cm³/mol. The van der Waals surface area contributed by atoms with Crippen molar-refractivity contribution in [2.24, 2.45) is 5.92 Å². The van der Waals surface area contributed by atoms with Crippen molar-refractivity contribution >= 4 is 7.60 Å². The van der Waals surface area contributed by atoms with Crippen LogP contribution in [0.3, 0.4) is 0 Å². The molecule has 0 aromatic heterocycles. The van der Waals surface area contributed by atoms with Crippen LogP contribution in [-0.4, -0.2) is 6.16 Å². The summed E-state index contributed by atoms with van der Waals surface area (Å²) in [5.74, 6) is 0.248. The molecule has 2 rings (SSSR count). The van der Waals surface area contributed by atoms with Gasteiger partial charge < -0.3 is 9.05 Å². The number of hydrogen-bond acceptors (Lipinski definition) is 3. The third-order valence-corrected chi connectivity index (χ3v) is 5.35. The highest BCUT2D eigenvalue weighted by Gasteiger charge is 2.26. The molecule has 0 radical (unpaired) electrons. The number of benzene rings is 2. The molecule has 2 aromatic carbocycles. The molecule has 118 valence electrons. The summed E-state index contributed by atoms with van der Waals surface area (Å²) in [7, 11) is -3.11. The Morgan fingerprint density at radius 2 is 1.23 bits per heavy atom. The first-order chi connectivity index (χ1) is 10.6. The summed E-state index contributed by atoms with van der Waals surface area (Å²) in [6.45, 7) is 4.65. The minimum atomic E-state index is -3.11. The first-order valence-corrected chi connectivity index (χ1v) is 9.26. The van der Waals surface area contributed by atoms with E-state index >= 15 is 0 Å². The van der Waals surface area contributed by atoms with E-state index in [1.54, 1.807) is 0 Å². The zero-order valence-corrected chi connectivity index (χ0v) is 14.0. The molecule has 0 spiro atoms. The lowest BCUT2D eigenvalue weighted by Crippen LogP contribution is -2.05. The normalized spacial score (nSPS) is 11.8. The van der Waals surface area contributed by atoms with Gasteiger partial charge in [0.05, 0.1) is 19.4 Å². The van der Waals surface area contributed by atoms with Crippen molar-refractivity contribution < 1.29 is 13.6 Å². The van der Waals surface area contributed by atoms with Crippen LogP contribution in [0.4, 0.5) is 0 Å². The molecule has 0 heterocycles. The molecule has 4 heteroatoms. The van der Waals surface area contributed by atoms with Crippen LogP contribution in [0.5, 0.6) is 0 Å². The lowest BCUT2D eigenvalue weighted by Gasteiger charge is -2.20. The highest BCUT2D eigenvalue weighted by molar-refractivity contribution is 7.53. The molecule has 0 saturated heterocycles. The second-order valence-corrected chi connectivity index (χ2v) is 7.81. The molecule has 0 N–H and O–H groups in total. The SMILES string of the molecule is CC(C)CP(=O)(OCc1ccccc1)OCc1ccccc1. The van der Waals surface area contributed by atoms with Gasteiger partial charge in [0.1, 0.15) is 0 Å². The van der Waals surface area contributed by atoms with E-state index in [0.717, 1.165) is 11.1 Å². The quantitative estimate of drug-likeness (QED) is 0.622. The lowest BCUT2D eigenvalue weighted by molar-refractivity contribution is 0.188. The fraction of sp³-hybridized carbons (Fsp3) is 0.333. The summed E-state index contributed by atoms with van der Waals surface area (Å²) in [5.41, 5.74) is 1.99. The van der Waals surface area contributed by atoms with Gasteiger partial charge in [0.25, 0.3) is 0 Å². The highest BCUT2D eigenvalue weighted by Crippen LogP contribution is 2.51. The molecule has 2 aromatic rings. The van der Waals surface area contributed by atoms with Gasteiger partial charge in [-0.05, 0) is 17.0 Å². The summed E-state index contributed by atoms with van der Waals surface area (Å²) >= 11 is 0. The summed E-state index contributed by atoms with van der Waals surface area (Å²) in [4.78, 5) is 0. The largest absolute Gasteiger partial charge is 0.331 e. The summed E-state index contributed by atoms with van der Waals surface area (Å²) in [6.07, 6.45) is 0.423. The maximum Gasteiger partial charge on any atom is 0.331 e. The van der Waals surface area contributed by atoms with Crippen LogP contribution in [0.15, 0.2) is 60.7 Å². The van der Waals surface area contributed by atoms with Gasteiger partial charge in [-0.2, -0.15) is 0 Å². The maximum absolute atomic E-state index is 12.9. The minimum Gasteiger partial charge on any atom is -0.304 e. The Morgan fingerprint density at radius 3 is 1.59 bits per heavy atom. The van der Waals surface area contributed by atoms with E-state index < -0.39 is 7.60 Å². The van der Waals surface area contributed by atoms with E-state index in [0.29, 0.717) is 19.4 Å². The molecule has 0 aliphatic rings. The van der Waals surface area contributed by atoms with E-state index in [2.05, 4.69) is 0 Å². The number of hydrogen-bond donors (Lipinski definition) is 0. The lowest BCUT2D eigenvalue weighted by atomic mass is 10.2. The monoisotopic (exact) mass is 318 g/mol. The molecule has 0 aliphatic carbocycles. The van der Waals surface area contributed by atoms with Gasteiger partial charge in [0, 0.05) is 0 Å². The third-order valence-electron chi connectivity index (χ3n) is 3.13. The van der Waals surface area contributed by atoms with Crippen molar-refractivity contribution in [1.82, 2.24) is 0 Å². The average Bonchev–Trinajstić information content (AvgIpc) is 2.53. The van der Waals surface area contributed by atoms with Crippen molar-refractivity contribution in [3.8, 4) is 0 Å². The third kappa shape index (κ3) is 5.76. The predicted octanol–water partition coefficient (Wildman–Crippen LogP) is 5.27. The van der Waals surface area contributed by atoms with Gasteiger partial charge in [-0.25, -0.2) is 0 Å². The standard InChI is InChI=1S/C18H23O3P/c1-16(2)15-22(19,20-13-17-9-5-3-6-10-17)21-14-18-11-7-4-8-12-18/h3-12,16H,13-15H2,1-2H3. The van der Waals surface area contributed by atoms with Crippen LogP contribution in [-0.2, 0) is 26.8 Å². The molecular formula is C18H23O3P. The van der Waals surface area contributed by atoms with Crippen molar-refractivity contribution in [3.63, 3.8) is 0 Å². The van der Waals surface area contributed by atoms with Crippen LogP contribution in [0, 0.1) is 5.92 Å². The van der Waals surface area contributed by atoms with Crippen LogP contribution < -0.4 is 0 Å². The Bertz CT molecular complexity index is 549. The van der Waals surface area contributed by atoms with Gasteiger partial charge >= 0.3 is 7.60 Å². The molecular weight excluding hydrogens is 295 g/mol. The van der Waals surface area contributed by atoms with Crippen molar-refractivity contribution in [2.45, 2.75) is 27.1 Å². The van der Waals surface area contributed by atoms with Crippen LogP contribution in [0.25, 0.3) is 0 Å². The Balaban J connectivity index is 1.98. The van der Waals surface area contributed by atoms with E-state index in [1.807, 2.05) is 74.5 Å². The summed E-state index contributed by atoms with van der Waals surface area (Å²) < 4.78 is 24.3. The maximum atomic E-state index is 12.9. The second-order valence-electron chi connectivity index (χ2n) is 5.71. The van der Waals surface area contributed by atoms with Crippen LogP contribution in [0.2, 0.25) is 0 Å². The van der Waals surface area contributed by atoms with Crippen LogP contribution in [0.1, 0.15) is 25.0 Å². The topological polar surface area (TPSA) is 35.5 Å². The summed E-state index contributed by atoms with van der Waals surface area (Å²) in [5, 5.41) is 0. The Kier molecular flexibility index (Phi) is 6.38. The molecule has 0 atom stereocenters. The molecule has 0 saturated carbocycles. The molecule has 22 heavy (non-hydrogen) atoms. The fourth-order valence-corrected chi connectivity index (χ4v) is 3.96. The Morgan fingerprint density at radius 1 is 0.818 bits per heavy atom. The minimum absolute atomic E-state index is 0.248. The molecule has 0 fully saturated rings. The van der Waals surface area contributed by atoms with Gasteiger partial charge in [-0.15, -0.1) is 0 Å². The first-order valence-electron chi connectivity index (χ1n) is 7.53. The van der Waals surface area contributed by atoms with E-state index in [9.17, 15) is 4.57 Å². The van der Waals surface area contributed by atoms with Gasteiger partial charge in [-0.1, -0.05) is 74.5 Å². The van der Waals surface area contributed by atoms with Gasteiger partial charge in [0.15, 0.2) is 0 Å². The molecule has 3 nitrogen and oxygen atoms in total. The van der Waals surface area contributed by atoms with Crippen molar-refractivity contribution in [1.29, 1.82) is 0 Å². The van der Waals surface area contributed by atoms with Crippen molar-refractivity contribution in [2.75, 3.05) is 6.16 Å². The number of rotatable bonds is 8. The van der Waals surface area contributed by atoms with Gasteiger partial charge in [0.2, 0.25) is 0 Å². The highest BCUT2D eigenvalue weighted by atomic mass is 31.2. The molecule has 0 bridgehead atoms. The van der Waals surface area contributed by atoms with Gasteiger partial charge in [-0.3, -0.25) is 4.57 Å². The zero-order valence-electron chi connectivity index (χ0n) is 13.1. The Labute approximate surface area is 132 Å². The van der Waals surface area contributed by atoms with E-state index in [1.165, 1.54) is 0 Å². The smallest absolute Gasteiger partial charge is 0.304 e. The first kappa shape index (κ1) is 17.0. The van der Waals surface area contributed by atoms with E-state index in [-0.39, 0.29) is 5.92 Å². The molecule has 0 unspecified atom stereocenters. The fourth-order valence-electron chi connectivity index (χ4n) is 2.08.